The fraction of sp³-hybridized carbons (Fsp3) is 0.667. The Morgan fingerprint density at radius 2 is 1.80 bits per heavy atom. The predicted molar refractivity (Wildman–Crippen MR) is 57.4 cm³/mol. The number of hydrogen-bond acceptors (Lipinski definition) is 3. The fourth-order valence-corrected chi connectivity index (χ4v) is 2.07. The van der Waals surface area contributed by atoms with Gasteiger partial charge in [-0.05, 0) is 39.5 Å². The number of ketones is 1. The van der Waals surface area contributed by atoms with Crippen molar-refractivity contribution >= 4 is 11.8 Å². The van der Waals surface area contributed by atoms with Crippen LogP contribution in [-0.2, 0) is 14.3 Å². The summed E-state index contributed by atoms with van der Waals surface area (Å²) in [5.41, 5.74) is -0.146. The van der Waals surface area contributed by atoms with E-state index < -0.39 is 5.60 Å². The van der Waals surface area contributed by atoms with E-state index in [4.69, 9.17) is 4.74 Å². The highest BCUT2D eigenvalue weighted by Crippen LogP contribution is 2.36. The van der Waals surface area contributed by atoms with Crippen LogP contribution < -0.4 is 0 Å². The van der Waals surface area contributed by atoms with Crippen LogP contribution in [0.1, 0.15) is 46.0 Å². The number of Topliss-reactive ketones (excluding diaryl/α,β-unsaturated/α-hetero) is 1. The van der Waals surface area contributed by atoms with Crippen molar-refractivity contribution in [1.29, 1.82) is 0 Å². The molecule has 1 fully saturated rings. The van der Waals surface area contributed by atoms with Gasteiger partial charge >= 0.3 is 5.97 Å². The molecule has 0 atom stereocenters. The van der Waals surface area contributed by atoms with Crippen LogP contribution in [-0.4, -0.2) is 17.4 Å². The molecule has 3 heteroatoms. The Labute approximate surface area is 90.5 Å². The van der Waals surface area contributed by atoms with Gasteiger partial charge in [0.25, 0.3) is 0 Å². The van der Waals surface area contributed by atoms with Gasteiger partial charge in [0, 0.05) is 12.0 Å². The molecular formula is C12H18O3. The third kappa shape index (κ3) is 3.18. The number of carbonyl (C=O) groups is 2. The molecule has 1 aliphatic rings. The van der Waals surface area contributed by atoms with Gasteiger partial charge in [-0.3, -0.25) is 4.79 Å². The molecule has 0 bridgehead atoms. The van der Waals surface area contributed by atoms with Crippen molar-refractivity contribution in [2.75, 3.05) is 0 Å². The van der Waals surface area contributed by atoms with Crippen LogP contribution in [0, 0.1) is 0 Å². The van der Waals surface area contributed by atoms with E-state index in [1.54, 1.807) is 6.92 Å². The molecule has 0 aromatic rings. The van der Waals surface area contributed by atoms with E-state index in [0.717, 1.165) is 25.7 Å². The highest BCUT2D eigenvalue weighted by Gasteiger charge is 2.38. The van der Waals surface area contributed by atoms with E-state index in [1.165, 1.54) is 6.92 Å². The zero-order valence-corrected chi connectivity index (χ0v) is 9.47. The van der Waals surface area contributed by atoms with Crippen LogP contribution >= 0.6 is 0 Å². The number of carbonyl (C=O) groups excluding carboxylic acids is 2. The number of esters is 1. The molecule has 15 heavy (non-hydrogen) atoms. The van der Waals surface area contributed by atoms with E-state index in [9.17, 15) is 9.59 Å². The maximum atomic E-state index is 11.5. The van der Waals surface area contributed by atoms with Crippen molar-refractivity contribution in [1.82, 2.24) is 0 Å². The van der Waals surface area contributed by atoms with Crippen molar-refractivity contribution in [2.24, 2.45) is 0 Å². The zero-order valence-electron chi connectivity index (χ0n) is 9.47. The quantitative estimate of drug-likeness (QED) is 0.528. The van der Waals surface area contributed by atoms with Crippen molar-refractivity contribution in [3.8, 4) is 0 Å². The first-order valence-electron chi connectivity index (χ1n) is 5.33. The Morgan fingerprint density at radius 1 is 1.27 bits per heavy atom. The molecule has 0 unspecified atom stereocenters. The van der Waals surface area contributed by atoms with E-state index in [0.29, 0.717) is 12.0 Å². The minimum atomic E-state index is -0.540. The minimum absolute atomic E-state index is 0.0754. The first-order valence-corrected chi connectivity index (χ1v) is 5.33. The monoisotopic (exact) mass is 210 g/mol. The zero-order chi connectivity index (χ0) is 11.5. The minimum Gasteiger partial charge on any atom is -0.455 e. The van der Waals surface area contributed by atoms with Gasteiger partial charge in [-0.25, -0.2) is 4.79 Å². The summed E-state index contributed by atoms with van der Waals surface area (Å²) in [6.07, 6.45) is 3.98. The summed E-state index contributed by atoms with van der Waals surface area (Å²) in [7, 11) is 0. The van der Waals surface area contributed by atoms with Gasteiger partial charge in [0.2, 0.25) is 0 Å². The second-order valence-corrected chi connectivity index (χ2v) is 4.44. The van der Waals surface area contributed by atoms with E-state index in [1.807, 2.05) is 0 Å². The van der Waals surface area contributed by atoms with Crippen LogP contribution in [0.25, 0.3) is 0 Å². The largest absolute Gasteiger partial charge is 0.455 e. The first-order chi connectivity index (χ1) is 6.95. The molecule has 3 nitrogen and oxygen atoms in total. The fourth-order valence-electron chi connectivity index (χ4n) is 2.07. The molecule has 0 aliphatic heterocycles. The Hall–Kier alpha value is -1.12. The Balaban J connectivity index is 2.69. The highest BCUT2D eigenvalue weighted by molar-refractivity contribution is 5.87. The Morgan fingerprint density at radius 3 is 2.20 bits per heavy atom. The molecule has 0 heterocycles. The summed E-state index contributed by atoms with van der Waals surface area (Å²) in [6, 6.07) is 0. The van der Waals surface area contributed by atoms with Crippen LogP contribution in [0.5, 0.6) is 0 Å². The summed E-state index contributed by atoms with van der Waals surface area (Å²) in [4.78, 5) is 22.6. The van der Waals surface area contributed by atoms with E-state index >= 15 is 0 Å². The number of hydrogen-bond donors (Lipinski definition) is 0. The van der Waals surface area contributed by atoms with Crippen molar-refractivity contribution in [3.63, 3.8) is 0 Å². The van der Waals surface area contributed by atoms with Crippen LogP contribution in [0.2, 0.25) is 0 Å². The molecule has 0 aromatic carbocycles. The standard InChI is InChI=1S/C12H18O3/c1-9(2)11(14)15-12(8-10(3)13)6-4-5-7-12/h1,4-8H2,2-3H3. The molecule has 84 valence electrons. The lowest BCUT2D eigenvalue weighted by Crippen LogP contribution is -2.34. The van der Waals surface area contributed by atoms with Gasteiger partial charge in [0.15, 0.2) is 0 Å². The molecule has 0 spiro atoms. The van der Waals surface area contributed by atoms with E-state index in [-0.39, 0.29) is 11.8 Å². The molecule has 0 saturated heterocycles. The molecule has 0 N–H and O–H groups in total. The van der Waals surface area contributed by atoms with Gasteiger partial charge in [-0.1, -0.05) is 6.58 Å². The van der Waals surface area contributed by atoms with Gasteiger partial charge in [0.1, 0.15) is 11.4 Å². The van der Waals surface area contributed by atoms with Gasteiger partial charge in [-0.2, -0.15) is 0 Å². The lowest BCUT2D eigenvalue weighted by atomic mass is 9.95. The summed E-state index contributed by atoms with van der Waals surface area (Å²) in [6.45, 7) is 6.71. The molecule has 0 aromatic heterocycles. The van der Waals surface area contributed by atoms with Crippen LogP contribution in [0.4, 0.5) is 0 Å². The smallest absolute Gasteiger partial charge is 0.333 e. The molecule has 1 saturated carbocycles. The highest BCUT2D eigenvalue weighted by atomic mass is 16.6. The maximum Gasteiger partial charge on any atom is 0.333 e. The molecular weight excluding hydrogens is 192 g/mol. The molecule has 0 radical (unpaired) electrons. The average molecular weight is 210 g/mol. The van der Waals surface area contributed by atoms with Gasteiger partial charge in [-0.15, -0.1) is 0 Å². The topological polar surface area (TPSA) is 43.4 Å². The normalized spacial score (nSPS) is 18.5. The maximum absolute atomic E-state index is 11.5. The Bertz CT molecular complexity index is 285. The first kappa shape index (κ1) is 12.0. The summed E-state index contributed by atoms with van der Waals surface area (Å²) in [5, 5.41) is 0. The molecule has 1 rings (SSSR count). The summed E-state index contributed by atoms with van der Waals surface area (Å²) in [5.74, 6) is -0.301. The van der Waals surface area contributed by atoms with Gasteiger partial charge < -0.3 is 4.74 Å². The lowest BCUT2D eigenvalue weighted by molar-refractivity contribution is -0.156. The Kier molecular flexibility index (Phi) is 3.66. The second kappa shape index (κ2) is 4.60. The van der Waals surface area contributed by atoms with Crippen molar-refractivity contribution in [3.05, 3.63) is 12.2 Å². The second-order valence-electron chi connectivity index (χ2n) is 4.44. The summed E-state index contributed by atoms with van der Waals surface area (Å²) < 4.78 is 5.41. The lowest BCUT2D eigenvalue weighted by Gasteiger charge is -2.28. The molecule has 0 amide bonds. The molecule has 1 aliphatic carbocycles. The predicted octanol–water partition coefficient (Wildman–Crippen LogP) is 2.40. The number of ether oxygens (including phenoxy) is 1. The SMILES string of the molecule is C=C(C)C(=O)OC1(CC(C)=O)CCCC1. The van der Waals surface area contributed by atoms with Crippen molar-refractivity contribution < 1.29 is 14.3 Å². The summed E-state index contributed by atoms with van der Waals surface area (Å²) >= 11 is 0. The third-order valence-electron chi connectivity index (χ3n) is 2.74. The van der Waals surface area contributed by atoms with Crippen LogP contribution in [0.15, 0.2) is 12.2 Å². The van der Waals surface area contributed by atoms with Crippen LogP contribution in [0.3, 0.4) is 0 Å². The third-order valence-corrected chi connectivity index (χ3v) is 2.74. The number of rotatable bonds is 4. The average Bonchev–Trinajstić information content (AvgIpc) is 2.51. The van der Waals surface area contributed by atoms with Gasteiger partial charge in [0.05, 0.1) is 0 Å². The van der Waals surface area contributed by atoms with E-state index in [2.05, 4.69) is 6.58 Å². The van der Waals surface area contributed by atoms with Crippen molar-refractivity contribution in [2.45, 2.75) is 51.6 Å².